The van der Waals surface area contributed by atoms with Crippen LogP contribution in [0, 0.1) is 5.92 Å². The second-order valence-corrected chi connectivity index (χ2v) is 13.9. The number of ether oxygens (including phenoxy) is 1. The monoisotopic (exact) mass is 516 g/mol. The predicted octanol–water partition coefficient (Wildman–Crippen LogP) is 4.65. The van der Waals surface area contributed by atoms with Crippen molar-refractivity contribution in [2.45, 2.75) is 45.8 Å². The summed E-state index contributed by atoms with van der Waals surface area (Å²) < 4.78 is 12.4. The normalized spacial score (nSPS) is 14.5. The van der Waals surface area contributed by atoms with Crippen LogP contribution in [0.4, 0.5) is 0 Å². The molecule has 32 heavy (non-hydrogen) atoms. The minimum Gasteiger partial charge on any atom is -0.457 e. The first-order valence-electron chi connectivity index (χ1n) is 10.8. The van der Waals surface area contributed by atoms with Gasteiger partial charge in [0.15, 0.2) is 0 Å². The summed E-state index contributed by atoms with van der Waals surface area (Å²) in [7, 11) is -2.66. The summed E-state index contributed by atoms with van der Waals surface area (Å²) in [5.41, 5.74) is 0.916. The van der Waals surface area contributed by atoms with Gasteiger partial charge in [-0.2, -0.15) is 0 Å². The number of alkyl halides is 1. The Bertz CT molecular complexity index is 867. The minimum atomic E-state index is -2.66. The Labute approximate surface area is 201 Å². The van der Waals surface area contributed by atoms with Crippen LogP contribution < -0.4 is 10.4 Å². The van der Waals surface area contributed by atoms with E-state index in [1.54, 1.807) is 6.92 Å². The van der Waals surface area contributed by atoms with Gasteiger partial charge in [0.05, 0.1) is 12.5 Å². The largest absolute Gasteiger partial charge is 0.457 e. The van der Waals surface area contributed by atoms with Crippen molar-refractivity contribution >= 4 is 46.9 Å². The smallest absolute Gasteiger partial charge is 0.317 e. The Hall–Kier alpha value is -2.02. The second-order valence-electron chi connectivity index (χ2n) is 9.05. The molecule has 4 nitrogen and oxygen atoms in total. The van der Waals surface area contributed by atoms with Crippen LogP contribution in [0.5, 0.6) is 0 Å². The number of carbonyl (C=O) groups excluding carboxylic acids is 2. The van der Waals surface area contributed by atoms with E-state index in [1.165, 1.54) is 10.4 Å². The number of hydrogen-bond donors (Lipinski definition) is 0. The second kappa shape index (κ2) is 11.7. The first kappa shape index (κ1) is 26.2. The Morgan fingerprint density at radius 3 is 1.94 bits per heavy atom. The number of aldehydes is 1. The van der Waals surface area contributed by atoms with Crippen molar-refractivity contribution in [3.8, 4) is 0 Å². The highest BCUT2D eigenvalue weighted by Crippen LogP contribution is 2.37. The molecule has 2 rings (SSSR count). The number of carbonyl (C=O) groups is 2. The number of halogens is 1. The van der Waals surface area contributed by atoms with Gasteiger partial charge < -0.3 is 14.0 Å². The highest BCUT2D eigenvalue weighted by molar-refractivity contribution is 9.09. The standard InChI is InChI=1S/C26H33BrO4Si/c1-20(16-24(21(2)18-28)31-25(29)17-27)19-30-32(26(3,4)5,22-12-8-6-9-13-22)23-14-10-7-11-15-23/h6-16,18,21,24H,17,19H2,1-5H3/b20-16+/t21-,24-/m1/s1. The molecule has 0 spiro atoms. The van der Waals surface area contributed by atoms with E-state index in [0.717, 1.165) is 11.9 Å². The highest BCUT2D eigenvalue weighted by atomic mass is 79.9. The van der Waals surface area contributed by atoms with Crippen molar-refractivity contribution < 1.29 is 18.8 Å². The quantitative estimate of drug-likeness (QED) is 0.151. The lowest BCUT2D eigenvalue weighted by molar-refractivity contribution is -0.145. The van der Waals surface area contributed by atoms with Gasteiger partial charge in [0.25, 0.3) is 8.32 Å². The zero-order chi connectivity index (χ0) is 23.8. The molecule has 6 heteroatoms. The SMILES string of the molecule is C/C(=C\[C@@H](OC(=O)CBr)[C@H](C)C=O)CO[Si](c1ccccc1)(c1ccccc1)C(C)(C)C. The third kappa shape index (κ3) is 6.27. The predicted molar refractivity (Wildman–Crippen MR) is 136 cm³/mol. The van der Waals surface area contributed by atoms with Gasteiger partial charge >= 0.3 is 5.97 Å². The summed E-state index contributed by atoms with van der Waals surface area (Å²) in [5.74, 6) is -0.846. The number of benzene rings is 2. The molecule has 2 aromatic carbocycles. The zero-order valence-electron chi connectivity index (χ0n) is 19.5. The summed E-state index contributed by atoms with van der Waals surface area (Å²) in [6.45, 7) is 10.8. The molecule has 0 unspecified atom stereocenters. The average Bonchev–Trinajstić information content (AvgIpc) is 2.78. The molecule has 0 bridgehead atoms. The maximum absolute atomic E-state index is 11.8. The van der Waals surface area contributed by atoms with Gasteiger partial charge in [-0.25, -0.2) is 0 Å². The minimum absolute atomic E-state index is 0.0839. The molecule has 0 fully saturated rings. The van der Waals surface area contributed by atoms with Gasteiger partial charge in [-0.1, -0.05) is 104 Å². The summed E-state index contributed by atoms with van der Waals surface area (Å²) in [6, 6.07) is 20.9. The summed E-state index contributed by atoms with van der Waals surface area (Å²) in [4.78, 5) is 23.2. The van der Waals surface area contributed by atoms with E-state index in [1.807, 2.05) is 25.1 Å². The van der Waals surface area contributed by atoms with Gasteiger partial charge in [-0.15, -0.1) is 0 Å². The maximum atomic E-state index is 11.8. The zero-order valence-corrected chi connectivity index (χ0v) is 22.1. The topological polar surface area (TPSA) is 52.6 Å². The fourth-order valence-electron chi connectivity index (χ4n) is 3.87. The molecule has 0 N–H and O–H groups in total. The fourth-order valence-corrected chi connectivity index (χ4v) is 8.60. The average molecular weight is 518 g/mol. The Kier molecular flexibility index (Phi) is 9.61. The Morgan fingerprint density at radius 2 is 1.53 bits per heavy atom. The summed E-state index contributed by atoms with van der Waals surface area (Å²) >= 11 is 3.11. The van der Waals surface area contributed by atoms with Gasteiger partial charge in [-0.05, 0) is 34.0 Å². The van der Waals surface area contributed by atoms with E-state index in [4.69, 9.17) is 9.16 Å². The molecule has 0 aliphatic heterocycles. The van der Waals surface area contributed by atoms with Crippen molar-refractivity contribution in [3.05, 3.63) is 72.3 Å². The molecule has 0 amide bonds. The molecule has 0 radical (unpaired) electrons. The van der Waals surface area contributed by atoms with E-state index >= 15 is 0 Å². The van der Waals surface area contributed by atoms with E-state index in [-0.39, 0.29) is 10.4 Å². The molecule has 0 saturated carbocycles. The van der Waals surface area contributed by atoms with Gasteiger partial charge in [0, 0.05) is 0 Å². The maximum Gasteiger partial charge on any atom is 0.317 e. The van der Waals surface area contributed by atoms with Crippen LogP contribution in [0.3, 0.4) is 0 Å². The van der Waals surface area contributed by atoms with Crippen molar-refractivity contribution in [2.75, 3.05) is 11.9 Å². The molecule has 2 aromatic rings. The lowest BCUT2D eigenvalue weighted by atomic mass is 10.0. The van der Waals surface area contributed by atoms with E-state index in [2.05, 4.69) is 85.2 Å². The molecular formula is C26H33BrO4Si. The van der Waals surface area contributed by atoms with Crippen LogP contribution in [-0.2, 0) is 18.8 Å². The van der Waals surface area contributed by atoms with Crippen LogP contribution in [-0.4, -0.2) is 38.6 Å². The lowest BCUT2D eigenvalue weighted by Gasteiger charge is -2.43. The summed E-state index contributed by atoms with van der Waals surface area (Å²) in [6.07, 6.45) is 2.01. The molecule has 0 aromatic heterocycles. The molecule has 172 valence electrons. The Morgan fingerprint density at radius 1 is 1.03 bits per heavy atom. The first-order chi connectivity index (χ1) is 15.2. The van der Waals surface area contributed by atoms with Crippen LogP contribution in [0.2, 0.25) is 5.04 Å². The van der Waals surface area contributed by atoms with Gasteiger partial charge in [-0.3, -0.25) is 4.79 Å². The molecule has 0 heterocycles. The lowest BCUT2D eigenvalue weighted by Crippen LogP contribution is -2.66. The number of esters is 1. The molecule has 0 aliphatic carbocycles. The molecule has 0 aliphatic rings. The van der Waals surface area contributed by atoms with Crippen LogP contribution in [0.25, 0.3) is 0 Å². The van der Waals surface area contributed by atoms with Gasteiger partial charge in [0.2, 0.25) is 0 Å². The van der Waals surface area contributed by atoms with Crippen LogP contribution >= 0.6 is 15.9 Å². The third-order valence-corrected chi connectivity index (χ3v) is 10.9. The van der Waals surface area contributed by atoms with Crippen molar-refractivity contribution in [1.82, 2.24) is 0 Å². The summed E-state index contributed by atoms with van der Waals surface area (Å²) in [5, 5.41) is 2.36. The fraction of sp³-hybridized carbons (Fsp3) is 0.385. The Balaban J connectivity index is 2.45. The van der Waals surface area contributed by atoms with Gasteiger partial charge in [0.1, 0.15) is 17.7 Å². The molecule has 2 atom stereocenters. The molecular weight excluding hydrogens is 484 g/mol. The number of hydrogen-bond acceptors (Lipinski definition) is 4. The van der Waals surface area contributed by atoms with Crippen LogP contribution in [0.15, 0.2) is 72.3 Å². The van der Waals surface area contributed by atoms with Crippen molar-refractivity contribution in [3.63, 3.8) is 0 Å². The van der Waals surface area contributed by atoms with E-state index in [9.17, 15) is 9.59 Å². The first-order valence-corrected chi connectivity index (χ1v) is 13.8. The van der Waals surface area contributed by atoms with E-state index < -0.39 is 26.3 Å². The third-order valence-electron chi connectivity index (χ3n) is 5.49. The van der Waals surface area contributed by atoms with Crippen molar-refractivity contribution in [1.29, 1.82) is 0 Å². The number of rotatable bonds is 10. The van der Waals surface area contributed by atoms with Crippen LogP contribution in [0.1, 0.15) is 34.6 Å². The highest BCUT2D eigenvalue weighted by Gasteiger charge is 2.50. The molecule has 0 saturated heterocycles. The van der Waals surface area contributed by atoms with Crippen molar-refractivity contribution in [2.24, 2.45) is 5.92 Å². The van der Waals surface area contributed by atoms with E-state index in [0.29, 0.717) is 6.61 Å².